The third-order valence-electron chi connectivity index (χ3n) is 2.05. The zero-order valence-corrected chi connectivity index (χ0v) is 9.04. The molecule has 0 atom stereocenters. The molecular weight excluding hydrogens is 216 g/mol. The van der Waals surface area contributed by atoms with Crippen molar-refractivity contribution in [3.63, 3.8) is 0 Å². The molecule has 1 N–H and O–H groups in total. The van der Waals surface area contributed by atoms with Crippen molar-refractivity contribution in [1.82, 2.24) is 0 Å². The summed E-state index contributed by atoms with van der Waals surface area (Å²) >= 11 is 5.87. The number of Topliss-reactive ketones (excluding diaryl/α,β-unsaturated/α-hetero) is 1. The fraction of sp³-hybridized carbons (Fsp3) is 0.273. The summed E-state index contributed by atoms with van der Waals surface area (Å²) in [5, 5.41) is 8.79. The topological polar surface area (TPSA) is 54.4 Å². The zero-order chi connectivity index (χ0) is 11.4. The number of hydrogen-bond acceptors (Lipinski definition) is 2. The molecule has 0 bridgehead atoms. The Labute approximate surface area is 92.7 Å². The van der Waals surface area contributed by atoms with Gasteiger partial charge in [-0.2, -0.15) is 0 Å². The van der Waals surface area contributed by atoms with Crippen LogP contribution < -0.4 is 0 Å². The van der Waals surface area contributed by atoms with Crippen LogP contribution in [-0.4, -0.2) is 16.9 Å². The van der Waals surface area contributed by atoms with Crippen LogP contribution in [0.1, 0.15) is 29.3 Å². The molecule has 0 saturated heterocycles. The monoisotopic (exact) mass is 226 g/mol. The van der Waals surface area contributed by atoms with Crippen molar-refractivity contribution >= 4 is 23.4 Å². The van der Waals surface area contributed by atoms with Gasteiger partial charge < -0.3 is 5.11 Å². The van der Waals surface area contributed by atoms with Crippen molar-refractivity contribution < 1.29 is 14.7 Å². The maximum absolute atomic E-state index is 11.4. The van der Waals surface area contributed by atoms with Crippen LogP contribution in [0.5, 0.6) is 0 Å². The summed E-state index contributed by atoms with van der Waals surface area (Å²) in [6, 6.07) is 5.05. The minimum absolute atomic E-state index is 0.274. The molecular formula is C11H11ClO3. The maximum atomic E-state index is 11.4. The summed E-state index contributed by atoms with van der Waals surface area (Å²) in [6.07, 6.45) is 0.304. The second-order valence-electron chi connectivity index (χ2n) is 3.16. The number of ketones is 1. The van der Waals surface area contributed by atoms with Crippen molar-refractivity contribution in [2.75, 3.05) is 0 Å². The van der Waals surface area contributed by atoms with Crippen molar-refractivity contribution in [1.29, 1.82) is 0 Å². The van der Waals surface area contributed by atoms with Gasteiger partial charge in [-0.05, 0) is 24.1 Å². The Morgan fingerprint density at radius 3 is 2.53 bits per heavy atom. The van der Waals surface area contributed by atoms with Gasteiger partial charge in [0, 0.05) is 5.56 Å². The Hall–Kier alpha value is -1.35. The molecule has 0 aliphatic rings. The van der Waals surface area contributed by atoms with Gasteiger partial charge in [0.15, 0.2) is 5.78 Å². The Bertz CT molecular complexity index is 399. The van der Waals surface area contributed by atoms with E-state index < -0.39 is 18.2 Å². The number of carboxylic acid groups (broad SMARTS) is 1. The van der Waals surface area contributed by atoms with Gasteiger partial charge in [-0.3, -0.25) is 9.59 Å². The fourth-order valence-corrected chi connectivity index (χ4v) is 1.55. The molecule has 3 nitrogen and oxygen atoms in total. The van der Waals surface area contributed by atoms with Crippen LogP contribution in [0.2, 0.25) is 5.02 Å². The van der Waals surface area contributed by atoms with E-state index in [9.17, 15) is 9.59 Å². The molecule has 15 heavy (non-hydrogen) atoms. The minimum atomic E-state index is -1.14. The lowest BCUT2D eigenvalue weighted by Crippen LogP contribution is -2.07. The standard InChI is InChI=1S/C11H11ClO3/c1-2-7-3-4-8(9(12)5-7)10(13)6-11(14)15/h3-5H,2,6H2,1H3,(H,14,15). The van der Waals surface area contributed by atoms with Gasteiger partial charge in [0.05, 0.1) is 5.02 Å². The number of halogens is 1. The summed E-state index contributed by atoms with van der Waals surface area (Å²) in [5.41, 5.74) is 1.29. The Kier molecular flexibility index (Phi) is 3.86. The van der Waals surface area contributed by atoms with Crippen LogP contribution in [0.15, 0.2) is 18.2 Å². The van der Waals surface area contributed by atoms with Crippen LogP contribution in [0.3, 0.4) is 0 Å². The fourth-order valence-electron chi connectivity index (χ4n) is 1.24. The first kappa shape index (κ1) is 11.7. The van der Waals surface area contributed by atoms with Crippen LogP contribution in [0.25, 0.3) is 0 Å². The minimum Gasteiger partial charge on any atom is -0.481 e. The average molecular weight is 227 g/mol. The first-order valence-corrected chi connectivity index (χ1v) is 4.95. The van der Waals surface area contributed by atoms with E-state index in [0.29, 0.717) is 5.02 Å². The molecule has 0 aliphatic heterocycles. The zero-order valence-electron chi connectivity index (χ0n) is 8.29. The first-order valence-electron chi connectivity index (χ1n) is 4.58. The molecule has 0 unspecified atom stereocenters. The third-order valence-corrected chi connectivity index (χ3v) is 2.37. The van der Waals surface area contributed by atoms with E-state index >= 15 is 0 Å². The number of carbonyl (C=O) groups excluding carboxylic acids is 1. The molecule has 0 radical (unpaired) electrons. The summed E-state index contributed by atoms with van der Waals surface area (Å²) in [4.78, 5) is 21.8. The number of aryl methyl sites for hydroxylation is 1. The summed E-state index contributed by atoms with van der Waals surface area (Å²) in [6.45, 7) is 1.98. The average Bonchev–Trinajstić information content (AvgIpc) is 2.16. The smallest absolute Gasteiger partial charge is 0.311 e. The van der Waals surface area contributed by atoms with E-state index in [1.54, 1.807) is 18.2 Å². The van der Waals surface area contributed by atoms with Gasteiger partial charge in [-0.25, -0.2) is 0 Å². The second kappa shape index (κ2) is 4.94. The molecule has 1 aromatic rings. The molecule has 80 valence electrons. The number of benzene rings is 1. The number of carbonyl (C=O) groups is 2. The number of carboxylic acids is 1. The summed E-state index contributed by atoms with van der Waals surface area (Å²) in [5.74, 6) is -1.61. The largest absolute Gasteiger partial charge is 0.481 e. The quantitative estimate of drug-likeness (QED) is 0.634. The van der Waals surface area contributed by atoms with Gasteiger partial charge in [-0.15, -0.1) is 0 Å². The summed E-state index contributed by atoms with van der Waals surface area (Å²) < 4.78 is 0. The lowest BCUT2D eigenvalue weighted by Gasteiger charge is -2.03. The van der Waals surface area contributed by atoms with Gasteiger partial charge in [0.25, 0.3) is 0 Å². The molecule has 0 amide bonds. The van der Waals surface area contributed by atoms with E-state index in [1.807, 2.05) is 6.92 Å². The molecule has 1 rings (SSSR count). The Balaban J connectivity index is 2.95. The van der Waals surface area contributed by atoms with Gasteiger partial charge >= 0.3 is 5.97 Å². The van der Waals surface area contributed by atoms with Gasteiger partial charge in [0.1, 0.15) is 6.42 Å². The van der Waals surface area contributed by atoms with Crippen LogP contribution >= 0.6 is 11.6 Å². The number of hydrogen-bond donors (Lipinski definition) is 1. The normalized spacial score (nSPS) is 10.0. The van der Waals surface area contributed by atoms with E-state index in [0.717, 1.165) is 12.0 Å². The highest BCUT2D eigenvalue weighted by Gasteiger charge is 2.13. The predicted octanol–water partition coefficient (Wildman–Crippen LogP) is 2.56. The second-order valence-corrected chi connectivity index (χ2v) is 3.57. The van der Waals surface area contributed by atoms with Crippen molar-refractivity contribution in [3.8, 4) is 0 Å². The van der Waals surface area contributed by atoms with Crippen LogP contribution in [-0.2, 0) is 11.2 Å². The molecule has 0 aromatic heterocycles. The SMILES string of the molecule is CCc1ccc(C(=O)CC(=O)O)c(Cl)c1. The van der Waals surface area contributed by atoms with E-state index in [4.69, 9.17) is 16.7 Å². The van der Waals surface area contributed by atoms with Crippen LogP contribution in [0, 0.1) is 0 Å². The van der Waals surface area contributed by atoms with E-state index in [2.05, 4.69) is 0 Å². The van der Waals surface area contributed by atoms with Gasteiger partial charge in [-0.1, -0.05) is 24.6 Å². The number of rotatable bonds is 4. The molecule has 4 heteroatoms. The number of aliphatic carboxylic acids is 1. The Morgan fingerprint density at radius 1 is 1.40 bits per heavy atom. The van der Waals surface area contributed by atoms with E-state index in [1.165, 1.54) is 0 Å². The third kappa shape index (κ3) is 3.06. The highest BCUT2D eigenvalue weighted by molar-refractivity contribution is 6.34. The van der Waals surface area contributed by atoms with Crippen molar-refractivity contribution in [2.45, 2.75) is 19.8 Å². The molecule has 0 heterocycles. The van der Waals surface area contributed by atoms with Crippen molar-refractivity contribution in [3.05, 3.63) is 34.3 Å². The van der Waals surface area contributed by atoms with E-state index in [-0.39, 0.29) is 5.56 Å². The lowest BCUT2D eigenvalue weighted by molar-refractivity contribution is -0.135. The lowest BCUT2D eigenvalue weighted by atomic mass is 10.0. The highest BCUT2D eigenvalue weighted by Crippen LogP contribution is 2.19. The highest BCUT2D eigenvalue weighted by atomic mass is 35.5. The molecule has 0 spiro atoms. The Morgan fingerprint density at radius 2 is 2.07 bits per heavy atom. The first-order chi connectivity index (χ1) is 7.04. The molecule has 0 aliphatic carbocycles. The molecule has 0 fully saturated rings. The predicted molar refractivity (Wildman–Crippen MR) is 57.4 cm³/mol. The maximum Gasteiger partial charge on any atom is 0.311 e. The van der Waals surface area contributed by atoms with Gasteiger partial charge in [0.2, 0.25) is 0 Å². The van der Waals surface area contributed by atoms with Crippen molar-refractivity contribution in [2.24, 2.45) is 0 Å². The molecule has 0 saturated carbocycles. The molecule has 1 aromatic carbocycles. The summed E-state index contributed by atoms with van der Waals surface area (Å²) in [7, 11) is 0. The van der Waals surface area contributed by atoms with Crippen LogP contribution in [0.4, 0.5) is 0 Å².